The smallest absolute Gasteiger partial charge is 0.399 e. The minimum absolute atomic E-state index is 0.127. The zero-order valence-corrected chi connectivity index (χ0v) is 23.0. The number of nitrogens with two attached hydrogens (primary N) is 2. The molecule has 2 nitrogen and oxygen atoms in total. The molecule has 0 aliphatic heterocycles. The third kappa shape index (κ3) is 5.99. The summed E-state index contributed by atoms with van der Waals surface area (Å²) < 4.78 is 89.3. The average Bonchev–Trinajstić information content (AvgIpc) is 2.91. The lowest BCUT2D eigenvalue weighted by atomic mass is 9.72. The standard InChI is InChI=1S/C31H24F6N2S2/c1-3-19-17-21(5-15-27(19)40-25-11-7-23(38)8-12-25)29(30(32,33)34,31(35,36)37)22-6-16-28(20(4-2)18-22)41-26-13-9-24(39)10-14-26/h3-18H,1-2,38-39H2. The van der Waals surface area contributed by atoms with Crippen molar-refractivity contribution < 1.29 is 26.3 Å². The van der Waals surface area contributed by atoms with Gasteiger partial charge in [0.25, 0.3) is 0 Å². The Morgan fingerprint density at radius 3 is 1.17 bits per heavy atom. The van der Waals surface area contributed by atoms with Crippen LogP contribution >= 0.6 is 23.5 Å². The Kier molecular flexibility index (Phi) is 8.56. The van der Waals surface area contributed by atoms with Gasteiger partial charge in [-0.15, -0.1) is 0 Å². The third-order valence-electron chi connectivity index (χ3n) is 6.39. The van der Waals surface area contributed by atoms with Crippen molar-refractivity contribution in [3.8, 4) is 0 Å². The van der Waals surface area contributed by atoms with Crippen molar-refractivity contribution >= 4 is 47.1 Å². The van der Waals surface area contributed by atoms with Crippen LogP contribution in [-0.4, -0.2) is 12.4 Å². The van der Waals surface area contributed by atoms with Gasteiger partial charge >= 0.3 is 12.4 Å². The van der Waals surface area contributed by atoms with E-state index in [1.165, 1.54) is 47.8 Å². The van der Waals surface area contributed by atoms with Crippen LogP contribution in [0, 0.1) is 0 Å². The van der Waals surface area contributed by atoms with Crippen molar-refractivity contribution in [3.05, 3.63) is 120 Å². The predicted octanol–water partition coefficient (Wildman–Crippen LogP) is 9.85. The Balaban J connectivity index is 1.87. The first-order valence-corrected chi connectivity index (χ1v) is 13.7. The molecule has 0 bridgehead atoms. The zero-order chi connectivity index (χ0) is 30.0. The molecule has 0 saturated heterocycles. The lowest BCUT2D eigenvalue weighted by Crippen LogP contribution is -2.54. The fraction of sp³-hybridized carbons (Fsp3) is 0.0968. The van der Waals surface area contributed by atoms with Crippen molar-refractivity contribution in [2.24, 2.45) is 0 Å². The molecular weight excluding hydrogens is 578 g/mol. The van der Waals surface area contributed by atoms with Gasteiger partial charge in [-0.2, -0.15) is 26.3 Å². The van der Waals surface area contributed by atoms with E-state index >= 15 is 0 Å². The second kappa shape index (κ2) is 11.6. The molecule has 10 heteroatoms. The third-order valence-corrected chi connectivity index (χ3v) is 8.59. The highest BCUT2D eigenvalue weighted by molar-refractivity contribution is 7.99. The Morgan fingerprint density at radius 2 is 0.878 bits per heavy atom. The van der Waals surface area contributed by atoms with E-state index in [-0.39, 0.29) is 11.1 Å². The van der Waals surface area contributed by atoms with E-state index in [9.17, 15) is 26.3 Å². The molecule has 41 heavy (non-hydrogen) atoms. The molecule has 4 rings (SSSR count). The largest absolute Gasteiger partial charge is 0.411 e. The molecule has 212 valence electrons. The minimum atomic E-state index is -5.74. The highest BCUT2D eigenvalue weighted by Crippen LogP contribution is 2.57. The van der Waals surface area contributed by atoms with Gasteiger partial charge in [0, 0.05) is 31.0 Å². The van der Waals surface area contributed by atoms with Gasteiger partial charge in [0.2, 0.25) is 5.41 Å². The SMILES string of the molecule is C=Cc1cc(C(c2ccc(Sc3ccc(N)cc3)c(C=C)c2)(C(F)(F)F)C(F)(F)F)ccc1Sc1ccc(N)cc1. The van der Waals surface area contributed by atoms with Gasteiger partial charge in [-0.05, 0) is 95.1 Å². The van der Waals surface area contributed by atoms with Crippen LogP contribution in [0.25, 0.3) is 12.2 Å². The van der Waals surface area contributed by atoms with Crippen molar-refractivity contribution in [2.45, 2.75) is 37.3 Å². The van der Waals surface area contributed by atoms with Gasteiger partial charge in [-0.25, -0.2) is 0 Å². The molecule has 4 aromatic carbocycles. The molecule has 4 aromatic rings. The van der Waals surface area contributed by atoms with E-state index in [0.717, 1.165) is 24.3 Å². The molecule has 0 atom stereocenters. The summed E-state index contributed by atoms with van der Waals surface area (Å²) in [4.78, 5) is 2.29. The number of rotatable bonds is 8. The van der Waals surface area contributed by atoms with Gasteiger partial charge in [0.05, 0.1) is 0 Å². The highest BCUT2D eigenvalue weighted by atomic mass is 32.2. The number of anilines is 2. The highest BCUT2D eigenvalue weighted by Gasteiger charge is 2.72. The maximum Gasteiger partial charge on any atom is 0.411 e. The van der Waals surface area contributed by atoms with Gasteiger partial charge in [-0.1, -0.05) is 61.0 Å². The van der Waals surface area contributed by atoms with Crippen LogP contribution in [0.5, 0.6) is 0 Å². The van der Waals surface area contributed by atoms with E-state index in [2.05, 4.69) is 13.2 Å². The van der Waals surface area contributed by atoms with Crippen LogP contribution in [0.2, 0.25) is 0 Å². The van der Waals surface area contributed by atoms with Crippen LogP contribution in [-0.2, 0) is 5.41 Å². The molecule has 4 N–H and O–H groups in total. The van der Waals surface area contributed by atoms with Gasteiger partial charge in [-0.3, -0.25) is 0 Å². The number of benzene rings is 4. The van der Waals surface area contributed by atoms with Crippen LogP contribution in [0.4, 0.5) is 37.7 Å². The summed E-state index contributed by atoms with van der Waals surface area (Å²) in [6.45, 7) is 7.26. The Bertz CT molecular complexity index is 1440. The van der Waals surface area contributed by atoms with E-state index in [4.69, 9.17) is 11.5 Å². The second-order valence-electron chi connectivity index (χ2n) is 9.00. The fourth-order valence-electron chi connectivity index (χ4n) is 4.38. The van der Waals surface area contributed by atoms with Gasteiger partial charge in [0.1, 0.15) is 0 Å². The summed E-state index contributed by atoms with van der Waals surface area (Å²) in [6.07, 6.45) is -9.00. The van der Waals surface area contributed by atoms with E-state index < -0.39 is 28.9 Å². The fourth-order valence-corrected chi connectivity index (χ4v) is 6.22. The average molecular weight is 603 g/mol. The van der Waals surface area contributed by atoms with Crippen molar-refractivity contribution in [1.29, 1.82) is 0 Å². The minimum Gasteiger partial charge on any atom is -0.399 e. The van der Waals surface area contributed by atoms with E-state index in [1.54, 1.807) is 48.5 Å². The van der Waals surface area contributed by atoms with Crippen molar-refractivity contribution in [2.75, 3.05) is 11.5 Å². The van der Waals surface area contributed by atoms with Crippen LogP contribution in [0.15, 0.2) is 118 Å². The molecular formula is C31H24F6N2S2. The zero-order valence-electron chi connectivity index (χ0n) is 21.4. The van der Waals surface area contributed by atoms with Crippen LogP contribution < -0.4 is 11.5 Å². The molecule has 0 heterocycles. The maximum atomic E-state index is 14.9. The first-order chi connectivity index (χ1) is 19.3. The lowest BCUT2D eigenvalue weighted by Gasteiger charge is -2.39. The molecule has 0 unspecified atom stereocenters. The molecule has 0 aliphatic carbocycles. The molecule has 0 saturated carbocycles. The first-order valence-electron chi connectivity index (χ1n) is 12.0. The summed E-state index contributed by atoms with van der Waals surface area (Å²) in [5, 5.41) is 0. The van der Waals surface area contributed by atoms with Crippen molar-refractivity contribution in [3.63, 3.8) is 0 Å². The Hall–Kier alpha value is -3.76. The summed E-state index contributed by atoms with van der Waals surface area (Å²) in [5.74, 6) is 0. The monoisotopic (exact) mass is 602 g/mol. The van der Waals surface area contributed by atoms with E-state index in [0.29, 0.717) is 31.0 Å². The number of hydrogen-bond donors (Lipinski definition) is 2. The molecule has 0 aromatic heterocycles. The second-order valence-corrected chi connectivity index (χ2v) is 11.2. The van der Waals surface area contributed by atoms with Crippen LogP contribution in [0.1, 0.15) is 22.3 Å². The Morgan fingerprint density at radius 1 is 0.537 bits per heavy atom. The van der Waals surface area contributed by atoms with E-state index in [1.807, 2.05) is 0 Å². The van der Waals surface area contributed by atoms with Gasteiger partial charge in [0.15, 0.2) is 0 Å². The predicted molar refractivity (Wildman–Crippen MR) is 156 cm³/mol. The molecule has 0 fully saturated rings. The normalized spacial score (nSPS) is 12.2. The number of nitrogen functional groups attached to an aromatic ring is 2. The molecule has 0 spiro atoms. The van der Waals surface area contributed by atoms with Crippen LogP contribution in [0.3, 0.4) is 0 Å². The Labute approximate surface area is 242 Å². The summed E-state index contributed by atoms with van der Waals surface area (Å²) in [6, 6.07) is 19.5. The molecule has 0 radical (unpaired) electrons. The summed E-state index contributed by atoms with van der Waals surface area (Å²) in [7, 11) is 0. The first kappa shape index (κ1) is 30.2. The summed E-state index contributed by atoms with van der Waals surface area (Å²) >= 11 is 2.35. The van der Waals surface area contributed by atoms with Crippen molar-refractivity contribution in [1.82, 2.24) is 0 Å². The maximum absolute atomic E-state index is 14.9. The topological polar surface area (TPSA) is 52.0 Å². The molecule has 0 amide bonds. The quantitative estimate of drug-likeness (QED) is 0.156. The van der Waals surface area contributed by atoms with Gasteiger partial charge < -0.3 is 11.5 Å². The lowest BCUT2D eigenvalue weighted by molar-refractivity contribution is -0.288. The number of halogens is 6. The number of alkyl halides is 6. The summed E-state index contributed by atoms with van der Waals surface area (Å²) in [5.41, 5.74) is 6.44. The number of hydrogen-bond acceptors (Lipinski definition) is 4. The molecule has 0 aliphatic rings.